The number of nitrogens with zero attached hydrogens (tertiary/aromatic N) is 1. The van der Waals surface area contributed by atoms with Crippen LogP contribution in [0.5, 0.6) is 0 Å². The number of terminal acetylenes is 1. The highest BCUT2D eigenvalue weighted by atomic mass is 16.6. The monoisotopic (exact) mass is 499 g/mol. The highest BCUT2D eigenvalue weighted by Gasteiger charge is 2.38. The number of hydrogen-bond acceptors (Lipinski definition) is 4. The Labute approximate surface area is 217 Å². The van der Waals surface area contributed by atoms with Crippen molar-refractivity contribution in [3.63, 3.8) is 0 Å². The molecule has 0 saturated heterocycles. The molecule has 3 amide bonds. The Balaban J connectivity index is 3.50. The molecule has 0 aliphatic heterocycles. The maximum Gasteiger partial charge on any atom is 0.408 e. The van der Waals surface area contributed by atoms with Gasteiger partial charge in [0.2, 0.25) is 11.8 Å². The van der Waals surface area contributed by atoms with Crippen LogP contribution in [0.4, 0.5) is 4.79 Å². The van der Waals surface area contributed by atoms with Crippen molar-refractivity contribution in [2.24, 2.45) is 5.92 Å². The molecule has 3 atom stereocenters. The van der Waals surface area contributed by atoms with Gasteiger partial charge < -0.3 is 20.3 Å². The Morgan fingerprint density at radius 2 is 1.53 bits per heavy atom. The van der Waals surface area contributed by atoms with E-state index in [9.17, 15) is 14.4 Å². The Morgan fingerprint density at radius 3 is 1.97 bits per heavy atom. The standard InChI is InChI=1S/C29H45N3O4/c1-12-22-15-17-23(18-16-22)24(25(33)31-28(6,7)8)32(20(4)14-13-19(2)3)26(34)21(5)30-27(35)36-29(9,10)11/h1,15-21,24H,13-14H2,2-11H3,(H,30,35)(H,31,33). The maximum absolute atomic E-state index is 13.9. The second-order valence-corrected chi connectivity index (χ2v) is 11.8. The number of carbonyl (C=O) groups excluding carboxylic acids is 3. The number of ether oxygens (including phenoxy) is 1. The van der Waals surface area contributed by atoms with Crippen molar-refractivity contribution in [1.29, 1.82) is 0 Å². The van der Waals surface area contributed by atoms with Crippen molar-refractivity contribution in [2.45, 2.75) is 111 Å². The number of benzene rings is 1. The topological polar surface area (TPSA) is 87.7 Å². The molecule has 0 aliphatic carbocycles. The smallest absolute Gasteiger partial charge is 0.408 e. The van der Waals surface area contributed by atoms with E-state index in [4.69, 9.17) is 11.2 Å². The maximum atomic E-state index is 13.9. The lowest BCUT2D eigenvalue weighted by Gasteiger charge is -2.39. The molecule has 36 heavy (non-hydrogen) atoms. The molecule has 200 valence electrons. The van der Waals surface area contributed by atoms with E-state index in [1.54, 1.807) is 56.9 Å². The average Bonchev–Trinajstić information content (AvgIpc) is 2.72. The summed E-state index contributed by atoms with van der Waals surface area (Å²) in [5.74, 6) is 2.34. The summed E-state index contributed by atoms with van der Waals surface area (Å²) in [4.78, 5) is 41.6. The van der Waals surface area contributed by atoms with Crippen molar-refractivity contribution >= 4 is 17.9 Å². The number of rotatable bonds is 9. The summed E-state index contributed by atoms with van der Waals surface area (Å²) in [6.07, 6.45) is 6.42. The van der Waals surface area contributed by atoms with Gasteiger partial charge in [-0.15, -0.1) is 6.42 Å². The summed E-state index contributed by atoms with van der Waals surface area (Å²) >= 11 is 0. The molecule has 0 heterocycles. The zero-order chi connectivity index (χ0) is 27.8. The van der Waals surface area contributed by atoms with Crippen LogP contribution in [-0.4, -0.2) is 46.0 Å². The Hall–Kier alpha value is -3.01. The molecule has 7 heteroatoms. The van der Waals surface area contributed by atoms with Crippen LogP contribution in [0.1, 0.15) is 99.2 Å². The van der Waals surface area contributed by atoms with Crippen LogP contribution in [0.2, 0.25) is 0 Å². The van der Waals surface area contributed by atoms with Gasteiger partial charge in [-0.1, -0.05) is 31.9 Å². The van der Waals surface area contributed by atoms with Gasteiger partial charge >= 0.3 is 6.09 Å². The van der Waals surface area contributed by atoms with E-state index in [2.05, 4.69) is 30.4 Å². The first-order chi connectivity index (χ1) is 16.4. The van der Waals surface area contributed by atoms with Crippen molar-refractivity contribution in [2.75, 3.05) is 0 Å². The number of amides is 3. The quantitative estimate of drug-likeness (QED) is 0.458. The summed E-state index contributed by atoms with van der Waals surface area (Å²) in [5.41, 5.74) is 0.111. The number of carbonyl (C=O) groups is 3. The lowest BCUT2D eigenvalue weighted by Crippen LogP contribution is -2.56. The first kappa shape index (κ1) is 31.0. The van der Waals surface area contributed by atoms with Gasteiger partial charge in [-0.3, -0.25) is 9.59 Å². The molecule has 1 aromatic carbocycles. The van der Waals surface area contributed by atoms with Crippen LogP contribution >= 0.6 is 0 Å². The molecular weight excluding hydrogens is 454 g/mol. The second-order valence-electron chi connectivity index (χ2n) is 11.8. The SMILES string of the molecule is C#Cc1ccc(C(C(=O)NC(C)(C)C)N(C(=O)C(C)NC(=O)OC(C)(C)C)C(C)CCC(C)C)cc1. The van der Waals surface area contributed by atoms with Gasteiger partial charge in [-0.2, -0.15) is 0 Å². The largest absolute Gasteiger partial charge is 0.444 e. The summed E-state index contributed by atoms with van der Waals surface area (Å²) in [5, 5.41) is 5.66. The molecule has 1 aromatic rings. The van der Waals surface area contributed by atoms with Gasteiger partial charge in [0.25, 0.3) is 0 Å². The molecule has 0 fully saturated rings. The molecule has 2 N–H and O–H groups in total. The lowest BCUT2D eigenvalue weighted by molar-refractivity contribution is -0.145. The fourth-order valence-electron chi connectivity index (χ4n) is 3.72. The first-order valence-corrected chi connectivity index (χ1v) is 12.7. The molecule has 0 radical (unpaired) electrons. The van der Waals surface area contributed by atoms with Crippen LogP contribution in [0, 0.1) is 18.3 Å². The van der Waals surface area contributed by atoms with Crippen molar-refractivity contribution in [3.8, 4) is 12.3 Å². The first-order valence-electron chi connectivity index (χ1n) is 12.7. The van der Waals surface area contributed by atoms with E-state index in [0.717, 1.165) is 6.42 Å². The molecule has 7 nitrogen and oxygen atoms in total. The third-order valence-corrected chi connectivity index (χ3v) is 5.41. The number of nitrogens with one attached hydrogen (secondary N) is 2. The second kappa shape index (κ2) is 12.8. The normalized spacial score (nSPS) is 14.3. The minimum absolute atomic E-state index is 0.272. The van der Waals surface area contributed by atoms with Gasteiger partial charge in [-0.25, -0.2) is 4.79 Å². The van der Waals surface area contributed by atoms with Crippen LogP contribution < -0.4 is 10.6 Å². The van der Waals surface area contributed by atoms with E-state index in [1.807, 2.05) is 27.7 Å². The molecule has 3 unspecified atom stereocenters. The minimum atomic E-state index is -0.909. The highest BCUT2D eigenvalue weighted by Crippen LogP contribution is 2.28. The van der Waals surface area contributed by atoms with E-state index in [0.29, 0.717) is 23.5 Å². The number of hydrogen-bond donors (Lipinski definition) is 2. The molecule has 0 saturated carbocycles. The molecule has 0 aromatic heterocycles. The van der Waals surface area contributed by atoms with Crippen LogP contribution in [0.3, 0.4) is 0 Å². The van der Waals surface area contributed by atoms with Gasteiger partial charge in [0.05, 0.1) is 0 Å². The zero-order valence-corrected chi connectivity index (χ0v) is 23.7. The van der Waals surface area contributed by atoms with Crippen LogP contribution in [-0.2, 0) is 14.3 Å². The summed E-state index contributed by atoms with van der Waals surface area (Å²) in [7, 11) is 0. The van der Waals surface area contributed by atoms with E-state index in [-0.39, 0.29) is 17.9 Å². The molecule has 1 rings (SSSR count). The molecule has 0 aliphatic rings. The Kier molecular flexibility index (Phi) is 11.0. The van der Waals surface area contributed by atoms with E-state index < -0.39 is 29.3 Å². The lowest BCUT2D eigenvalue weighted by atomic mass is 9.96. The number of alkyl carbamates (subject to hydrolysis) is 1. The summed E-state index contributed by atoms with van der Waals surface area (Å²) < 4.78 is 5.34. The summed E-state index contributed by atoms with van der Waals surface area (Å²) in [6, 6.07) is 5.00. The minimum Gasteiger partial charge on any atom is -0.444 e. The van der Waals surface area contributed by atoms with Crippen LogP contribution in [0.15, 0.2) is 24.3 Å². The zero-order valence-electron chi connectivity index (χ0n) is 23.7. The molecule has 0 bridgehead atoms. The van der Waals surface area contributed by atoms with Gasteiger partial charge in [0.15, 0.2) is 0 Å². The fourth-order valence-corrected chi connectivity index (χ4v) is 3.72. The third kappa shape index (κ3) is 10.3. The van der Waals surface area contributed by atoms with Crippen molar-refractivity contribution in [1.82, 2.24) is 15.5 Å². The van der Waals surface area contributed by atoms with Gasteiger partial charge in [0, 0.05) is 17.1 Å². The Morgan fingerprint density at radius 1 is 0.972 bits per heavy atom. The molecular formula is C29H45N3O4. The van der Waals surface area contributed by atoms with Crippen LogP contribution in [0.25, 0.3) is 0 Å². The Bertz CT molecular complexity index is 933. The van der Waals surface area contributed by atoms with Crippen molar-refractivity contribution in [3.05, 3.63) is 35.4 Å². The predicted molar refractivity (Wildman–Crippen MR) is 144 cm³/mol. The fraction of sp³-hybridized carbons (Fsp3) is 0.621. The highest BCUT2D eigenvalue weighted by molar-refractivity contribution is 5.92. The van der Waals surface area contributed by atoms with Gasteiger partial charge in [-0.05, 0) is 91.8 Å². The van der Waals surface area contributed by atoms with E-state index >= 15 is 0 Å². The third-order valence-electron chi connectivity index (χ3n) is 5.41. The van der Waals surface area contributed by atoms with Crippen molar-refractivity contribution < 1.29 is 19.1 Å². The average molecular weight is 500 g/mol. The summed E-state index contributed by atoms with van der Waals surface area (Å²) in [6.45, 7) is 18.7. The van der Waals surface area contributed by atoms with E-state index in [1.165, 1.54) is 0 Å². The van der Waals surface area contributed by atoms with Gasteiger partial charge in [0.1, 0.15) is 17.7 Å². The predicted octanol–water partition coefficient (Wildman–Crippen LogP) is 5.19. The molecule has 0 spiro atoms.